The Labute approximate surface area is 211 Å². The third kappa shape index (κ3) is 4.18. The maximum atomic E-state index is 5.67. The van der Waals surface area contributed by atoms with Crippen LogP contribution in [0.5, 0.6) is 0 Å². The van der Waals surface area contributed by atoms with Gasteiger partial charge in [-0.3, -0.25) is 9.97 Å². The molecule has 36 heavy (non-hydrogen) atoms. The second kappa shape index (κ2) is 9.19. The molecule has 3 aromatic heterocycles. The second-order valence-electron chi connectivity index (χ2n) is 11.1. The third-order valence-electron chi connectivity index (χ3n) is 8.46. The summed E-state index contributed by atoms with van der Waals surface area (Å²) in [6, 6.07) is 4.91. The summed E-state index contributed by atoms with van der Waals surface area (Å²) in [6.45, 7) is 4.38. The van der Waals surface area contributed by atoms with Crippen molar-refractivity contribution in [3.05, 3.63) is 48.3 Å². The molecule has 3 aromatic rings. The van der Waals surface area contributed by atoms with Gasteiger partial charge in [0.15, 0.2) is 5.54 Å². The topological polar surface area (TPSA) is 93.9 Å². The Hall–Kier alpha value is -2.91. The van der Waals surface area contributed by atoms with Gasteiger partial charge < -0.3 is 15.0 Å². The molecule has 1 atom stereocenters. The summed E-state index contributed by atoms with van der Waals surface area (Å²) >= 11 is 0. The molecule has 0 bridgehead atoms. The van der Waals surface area contributed by atoms with Crippen molar-refractivity contribution in [2.75, 3.05) is 37.7 Å². The molecule has 188 valence electrons. The molecule has 9 nitrogen and oxygen atoms in total. The first kappa shape index (κ1) is 22.3. The molecular weight excluding hydrogens is 452 g/mol. The standard InChI is InChI=1S/C27H34N8O/c1-3-19(4-1)11-29-21-5-2-10-34(15-21)22-8-9-26(30-12-22)27(17-36-18-27)35-16-25(32-33-35)24-14-28-13-23(31-24)20-6-7-20/h8-9,12-14,16,19-21,29H,1-7,10-11,15,17-18H2. The lowest BCUT2D eigenvalue weighted by Gasteiger charge is -2.41. The van der Waals surface area contributed by atoms with E-state index in [0.717, 1.165) is 41.8 Å². The molecule has 5 heterocycles. The minimum absolute atomic E-state index is 0.430. The molecule has 7 rings (SSSR count). The molecule has 2 aliphatic heterocycles. The van der Waals surface area contributed by atoms with Crippen molar-refractivity contribution in [2.24, 2.45) is 5.92 Å². The van der Waals surface area contributed by atoms with Crippen molar-refractivity contribution in [1.29, 1.82) is 0 Å². The van der Waals surface area contributed by atoms with Crippen LogP contribution in [0.4, 0.5) is 5.69 Å². The van der Waals surface area contributed by atoms with E-state index in [-0.39, 0.29) is 0 Å². The molecule has 0 radical (unpaired) electrons. The fraction of sp³-hybridized carbons (Fsp3) is 0.593. The van der Waals surface area contributed by atoms with Crippen molar-refractivity contribution in [3.63, 3.8) is 0 Å². The van der Waals surface area contributed by atoms with Gasteiger partial charge >= 0.3 is 0 Å². The van der Waals surface area contributed by atoms with Gasteiger partial charge in [-0.05, 0) is 63.1 Å². The Morgan fingerprint density at radius 1 is 1.00 bits per heavy atom. The Kier molecular flexibility index (Phi) is 5.69. The van der Waals surface area contributed by atoms with Gasteiger partial charge in [0.1, 0.15) is 11.4 Å². The highest BCUT2D eigenvalue weighted by atomic mass is 16.5. The van der Waals surface area contributed by atoms with E-state index < -0.39 is 5.54 Å². The van der Waals surface area contributed by atoms with Gasteiger partial charge in [0.05, 0.1) is 48.9 Å². The zero-order chi connectivity index (χ0) is 24.0. The van der Waals surface area contributed by atoms with Gasteiger partial charge in [-0.2, -0.15) is 0 Å². The highest BCUT2D eigenvalue weighted by molar-refractivity contribution is 5.51. The molecule has 2 saturated carbocycles. The molecule has 4 fully saturated rings. The van der Waals surface area contributed by atoms with E-state index in [1.165, 1.54) is 57.2 Å². The van der Waals surface area contributed by atoms with Crippen molar-refractivity contribution in [1.82, 2.24) is 35.3 Å². The number of nitrogens with one attached hydrogen (secondary N) is 1. The van der Waals surface area contributed by atoms with E-state index in [1.54, 1.807) is 6.20 Å². The maximum Gasteiger partial charge on any atom is 0.152 e. The Morgan fingerprint density at radius 2 is 1.92 bits per heavy atom. The smallest absolute Gasteiger partial charge is 0.152 e. The first-order valence-corrected chi connectivity index (χ1v) is 13.5. The Balaban J connectivity index is 1.06. The van der Waals surface area contributed by atoms with Crippen LogP contribution in [0.1, 0.15) is 62.3 Å². The molecule has 0 amide bonds. The van der Waals surface area contributed by atoms with Crippen LogP contribution in [0, 0.1) is 5.92 Å². The van der Waals surface area contributed by atoms with Gasteiger partial charge in [0.25, 0.3) is 0 Å². The number of nitrogens with zero attached hydrogens (tertiary/aromatic N) is 7. The average Bonchev–Trinajstić information content (AvgIpc) is 3.61. The van der Waals surface area contributed by atoms with Crippen molar-refractivity contribution in [2.45, 2.75) is 62.4 Å². The zero-order valence-corrected chi connectivity index (χ0v) is 20.7. The first-order chi connectivity index (χ1) is 17.8. The van der Waals surface area contributed by atoms with Crippen LogP contribution in [0.3, 0.4) is 0 Å². The van der Waals surface area contributed by atoms with Gasteiger partial charge in [-0.15, -0.1) is 5.10 Å². The SMILES string of the molecule is c1cc(C2(n3cc(-c4cncc(C5CC5)n4)nn3)COC2)ncc1N1CCCC(NCC2CCC2)C1. The van der Waals surface area contributed by atoms with E-state index in [1.807, 2.05) is 23.3 Å². The summed E-state index contributed by atoms with van der Waals surface area (Å²) in [7, 11) is 0. The summed E-state index contributed by atoms with van der Waals surface area (Å²) in [5, 5.41) is 12.7. The van der Waals surface area contributed by atoms with Crippen LogP contribution in [-0.4, -0.2) is 68.8 Å². The molecule has 2 saturated heterocycles. The van der Waals surface area contributed by atoms with Crippen LogP contribution >= 0.6 is 0 Å². The normalized spacial score (nSPS) is 23.8. The van der Waals surface area contributed by atoms with Crippen molar-refractivity contribution >= 4 is 5.69 Å². The lowest BCUT2D eigenvalue weighted by Crippen LogP contribution is -2.53. The van der Waals surface area contributed by atoms with E-state index in [0.29, 0.717) is 25.2 Å². The van der Waals surface area contributed by atoms with Gasteiger partial charge in [-0.1, -0.05) is 11.6 Å². The Bertz CT molecular complexity index is 1200. The maximum absolute atomic E-state index is 5.67. The number of rotatable bonds is 8. The lowest BCUT2D eigenvalue weighted by molar-refractivity contribution is -0.0851. The summed E-state index contributed by atoms with van der Waals surface area (Å²) in [5.74, 6) is 1.45. The molecule has 1 unspecified atom stereocenters. The van der Waals surface area contributed by atoms with E-state index >= 15 is 0 Å². The number of hydrogen-bond acceptors (Lipinski definition) is 8. The van der Waals surface area contributed by atoms with E-state index in [4.69, 9.17) is 14.7 Å². The highest BCUT2D eigenvalue weighted by Crippen LogP contribution is 2.39. The number of piperidine rings is 1. The third-order valence-corrected chi connectivity index (χ3v) is 8.46. The monoisotopic (exact) mass is 486 g/mol. The largest absolute Gasteiger partial charge is 0.375 e. The number of ether oxygens (including phenoxy) is 1. The first-order valence-electron chi connectivity index (χ1n) is 13.5. The molecule has 9 heteroatoms. The molecule has 0 aromatic carbocycles. The van der Waals surface area contributed by atoms with Crippen LogP contribution in [0.25, 0.3) is 11.4 Å². The Morgan fingerprint density at radius 3 is 2.64 bits per heavy atom. The zero-order valence-electron chi connectivity index (χ0n) is 20.7. The fourth-order valence-corrected chi connectivity index (χ4v) is 5.62. The molecule has 0 spiro atoms. The predicted molar refractivity (Wildman–Crippen MR) is 136 cm³/mol. The number of hydrogen-bond donors (Lipinski definition) is 1. The molecule has 1 N–H and O–H groups in total. The molecule has 4 aliphatic rings. The minimum Gasteiger partial charge on any atom is -0.375 e. The number of pyridine rings is 1. The average molecular weight is 487 g/mol. The van der Waals surface area contributed by atoms with Gasteiger partial charge in [-0.25, -0.2) is 9.67 Å². The molecular formula is C27H34N8O. The van der Waals surface area contributed by atoms with Gasteiger partial charge in [0, 0.05) is 31.2 Å². The van der Waals surface area contributed by atoms with Crippen LogP contribution in [0.2, 0.25) is 0 Å². The van der Waals surface area contributed by atoms with Crippen LogP contribution < -0.4 is 10.2 Å². The quantitative estimate of drug-likeness (QED) is 0.519. The summed E-state index contributed by atoms with van der Waals surface area (Å²) in [5.41, 5.74) is 4.29. The number of anilines is 1. The van der Waals surface area contributed by atoms with Crippen LogP contribution in [0.15, 0.2) is 36.9 Å². The lowest BCUT2D eigenvalue weighted by atomic mass is 9.85. The second-order valence-corrected chi connectivity index (χ2v) is 11.1. The minimum atomic E-state index is -0.430. The fourth-order valence-electron chi connectivity index (χ4n) is 5.62. The van der Waals surface area contributed by atoms with E-state index in [2.05, 4.69) is 37.6 Å². The number of aromatic nitrogens is 6. The highest BCUT2D eigenvalue weighted by Gasteiger charge is 2.45. The van der Waals surface area contributed by atoms with E-state index in [9.17, 15) is 0 Å². The predicted octanol–water partition coefficient (Wildman–Crippen LogP) is 3.14. The van der Waals surface area contributed by atoms with Crippen molar-refractivity contribution < 1.29 is 4.74 Å². The molecule has 2 aliphatic carbocycles. The van der Waals surface area contributed by atoms with Gasteiger partial charge in [0.2, 0.25) is 0 Å². The van der Waals surface area contributed by atoms with Crippen LogP contribution in [-0.2, 0) is 10.3 Å². The summed E-state index contributed by atoms with van der Waals surface area (Å²) in [4.78, 5) is 16.6. The summed E-state index contributed by atoms with van der Waals surface area (Å²) < 4.78 is 7.57. The summed E-state index contributed by atoms with van der Waals surface area (Å²) in [6.07, 6.45) is 16.7. The van der Waals surface area contributed by atoms with Crippen molar-refractivity contribution in [3.8, 4) is 11.4 Å².